The lowest BCUT2D eigenvalue weighted by Crippen LogP contribution is -2.57. The number of oxime groups is 1. The molecule has 0 aromatic heterocycles. The minimum atomic E-state index is -1.19. The molecule has 1 heterocycles. The van der Waals surface area contributed by atoms with E-state index in [-0.39, 0.29) is 47.1 Å². The van der Waals surface area contributed by atoms with E-state index < -0.39 is 17.6 Å². The van der Waals surface area contributed by atoms with Gasteiger partial charge in [0, 0.05) is 18.1 Å². The number of nitrogens with zero attached hydrogens (tertiary/aromatic N) is 1. The van der Waals surface area contributed by atoms with E-state index in [0.717, 1.165) is 50.7 Å². The standard InChI is InChI=1S/C33H50N2O7/c1-20(36)33(40)14-10-26-24-7-6-22-16-23(8-12-31(22,4)25(24)9-13-32(26,33)5)35-42-19-28(37)34-27(17-29(38)39)21-11-15-41-30(2,3)18-21/h16,21,24-27,40H,6-15,17-19H2,1-5H3,(H,34,37)(H,38,39)/b35-23-/t21-,24+,25+,26+,27+,31-,32-,33+/m0/s1. The minimum absolute atomic E-state index is 0.0224. The summed E-state index contributed by atoms with van der Waals surface area (Å²) in [5.74, 6) is 0.0492. The summed E-state index contributed by atoms with van der Waals surface area (Å²) in [4.78, 5) is 42.2. The zero-order valence-electron chi connectivity index (χ0n) is 26.0. The molecule has 234 valence electrons. The fourth-order valence-electron chi connectivity index (χ4n) is 9.81. The van der Waals surface area contributed by atoms with E-state index in [4.69, 9.17) is 9.57 Å². The Hall–Kier alpha value is -2.26. The van der Waals surface area contributed by atoms with Crippen molar-refractivity contribution in [1.82, 2.24) is 5.32 Å². The Morgan fingerprint density at radius 1 is 1.07 bits per heavy atom. The molecule has 0 aromatic carbocycles. The highest BCUT2D eigenvalue weighted by Crippen LogP contribution is 2.67. The van der Waals surface area contributed by atoms with Crippen LogP contribution in [0.5, 0.6) is 0 Å². The van der Waals surface area contributed by atoms with Gasteiger partial charge in [-0.1, -0.05) is 24.6 Å². The fraction of sp³-hybridized carbons (Fsp3) is 0.818. The van der Waals surface area contributed by atoms with Crippen LogP contribution in [0, 0.1) is 34.5 Å². The van der Waals surface area contributed by atoms with Gasteiger partial charge in [0.05, 0.1) is 17.7 Å². The van der Waals surface area contributed by atoms with Gasteiger partial charge >= 0.3 is 5.97 Å². The van der Waals surface area contributed by atoms with Crippen LogP contribution >= 0.6 is 0 Å². The van der Waals surface area contributed by atoms with Crippen LogP contribution in [0.15, 0.2) is 16.8 Å². The maximum atomic E-state index is 12.7. The van der Waals surface area contributed by atoms with Gasteiger partial charge in [-0.3, -0.25) is 14.4 Å². The normalized spacial score (nSPS) is 40.6. The monoisotopic (exact) mass is 586 g/mol. The molecular formula is C33H50N2O7. The topological polar surface area (TPSA) is 135 Å². The summed E-state index contributed by atoms with van der Waals surface area (Å²) in [6.45, 7) is 10.4. The van der Waals surface area contributed by atoms with E-state index in [0.29, 0.717) is 43.6 Å². The Morgan fingerprint density at radius 3 is 2.50 bits per heavy atom. The molecule has 1 amide bonds. The summed E-state index contributed by atoms with van der Waals surface area (Å²) in [6.07, 6.45) is 10.6. The van der Waals surface area contributed by atoms with Crippen LogP contribution in [0.25, 0.3) is 0 Å². The summed E-state index contributed by atoms with van der Waals surface area (Å²) in [6, 6.07) is -0.481. The zero-order chi connectivity index (χ0) is 30.5. The fourth-order valence-corrected chi connectivity index (χ4v) is 9.81. The molecule has 0 spiro atoms. The lowest BCUT2D eigenvalue weighted by Gasteiger charge is -2.59. The largest absolute Gasteiger partial charge is 0.481 e. The lowest BCUT2D eigenvalue weighted by molar-refractivity contribution is -0.159. The number of carboxylic acid groups (broad SMARTS) is 1. The molecule has 1 aliphatic heterocycles. The number of Topliss-reactive ketones (excluding diaryl/α,β-unsaturated/α-hetero) is 1. The van der Waals surface area contributed by atoms with Crippen molar-refractivity contribution in [2.75, 3.05) is 13.2 Å². The Balaban J connectivity index is 1.20. The summed E-state index contributed by atoms with van der Waals surface area (Å²) in [5.41, 5.74) is 0.437. The number of carbonyl (C=O) groups excluding carboxylic acids is 2. The van der Waals surface area contributed by atoms with Crippen LogP contribution in [0.3, 0.4) is 0 Å². The number of carbonyl (C=O) groups is 3. The third kappa shape index (κ3) is 5.56. The van der Waals surface area contributed by atoms with E-state index in [1.807, 2.05) is 13.8 Å². The number of hydrogen-bond donors (Lipinski definition) is 3. The summed E-state index contributed by atoms with van der Waals surface area (Å²) in [7, 11) is 0. The number of allylic oxidation sites excluding steroid dienone is 2. The van der Waals surface area contributed by atoms with Gasteiger partial charge in [0.1, 0.15) is 5.60 Å². The van der Waals surface area contributed by atoms with E-state index in [1.165, 1.54) is 5.57 Å². The summed E-state index contributed by atoms with van der Waals surface area (Å²) in [5, 5.41) is 28.0. The van der Waals surface area contributed by atoms with Crippen molar-refractivity contribution >= 4 is 23.4 Å². The SMILES string of the molecule is CC(=O)[C@]1(O)CC[C@@H]2[C@@H]3CCC4=C/C(=N\OCC(=O)N[C@H](CC(=O)O)[C@H]5CCOC(C)(C)C5)CC[C@]4(C)[C@@H]3CC[C@@]21C. The van der Waals surface area contributed by atoms with E-state index >= 15 is 0 Å². The molecule has 0 radical (unpaired) electrons. The first-order valence-corrected chi connectivity index (χ1v) is 16.0. The molecule has 9 nitrogen and oxygen atoms in total. The molecule has 42 heavy (non-hydrogen) atoms. The molecule has 9 heteroatoms. The first kappa shape index (κ1) is 31.2. The number of hydrogen-bond acceptors (Lipinski definition) is 7. The smallest absolute Gasteiger partial charge is 0.305 e. The molecule has 5 rings (SSSR count). The Bertz CT molecular complexity index is 1160. The number of amides is 1. The van der Waals surface area contributed by atoms with Crippen molar-refractivity contribution in [3.8, 4) is 0 Å². The van der Waals surface area contributed by atoms with Crippen molar-refractivity contribution in [3.63, 3.8) is 0 Å². The van der Waals surface area contributed by atoms with Crippen molar-refractivity contribution in [3.05, 3.63) is 11.6 Å². The highest BCUT2D eigenvalue weighted by Gasteiger charge is 2.65. The van der Waals surface area contributed by atoms with Crippen LogP contribution in [0.4, 0.5) is 0 Å². The van der Waals surface area contributed by atoms with E-state index in [9.17, 15) is 24.6 Å². The Morgan fingerprint density at radius 2 is 1.81 bits per heavy atom. The Kier molecular flexibility index (Phi) is 8.42. The predicted octanol–water partition coefficient (Wildman–Crippen LogP) is 4.81. The maximum absolute atomic E-state index is 12.7. The third-order valence-corrected chi connectivity index (χ3v) is 12.1. The number of fused-ring (bicyclic) bond motifs is 5. The molecule has 3 N–H and O–H groups in total. The number of carboxylic acids is 1. The predicted molar refractivity (Wildman–Crippen MR) is 158 cm³/mol. The summed E-state index contributed by atoms with van der Waals surface area (Å²) < 4.78 is 5.77. The molecule has 0 bridgehead atoms. The number of ketones is 1. The van der Waals surface area contributed by atoms with Gasteiger partial charge in [0.2, 0.25) is 0 Å². The minimum Gasteiger partial charge on any atom is -0.481 e. The van der Waals surface area contributed by atoms with Crippen molar-refractivity contribution < 1.29 is 34.2 Å². The van der Waals surface area contributed by atoms with Crippen LogP contribution in [-0.4, -0.2) is 64.0 Å². The van der Waals surface area contributed by atoms with Crippen molar-refractivity contribution in [2.24, 2.45) is 39.7 Å². The number of rotatable bonds is 8. The van der Waals surface area contributed by atoms with Gasteiger partial charge in [-0.05, 0) is 120 Å². The molecule has 5 aliphatic rings. The average Bonchev–Trinajstić information content (AvgIpc) is 3.19. The van der Waals surface area contributed by atoms with Gasteiger partial charge in [-0.15, -0.1) is 0 Å². The maximum Gasteiger partial charge on any atom is 0.305 e. The first-order chi connectivity index (χ1) is 19.7. The highest BCUT2D eigenvalue weighted by molar-refractivity contribution is 5.96. The van der Waals surface area contributed by atoms with Crippen LogP contribution < -0.4 is 5.32 Å². The highest BCUT2D eigenvalue weighted by atomic mass is 16.6. The van der Waals surface area contributed by atoms with Gasteiger partial charge in [-0.2, -0.15) is 0 Å². The molecule has 0 aromatic rings. The quantitative estimate of drug-likeness (QED) is 0.348. The van der Waals surface area contributed by atoms with Crippen molar-refractivity contribution in [2.45, 2.75) is 122 Å². The van der Waals surface area contributed by atoms with Crippen molar-refractivity contribution in [1.29, 1.82) is 0 Å². The lowest BCUT2D eigenvalue weighted by atomic mass is 9.46. The number of aliphatic carboxylic acids is 1. The van der Waals surface area contributed by atoms with E-state index in [1.54, 1.807) is 6.92 Å². The van der Waals surface area contributed by atoms with Gasteiger partial charge in [0.15, 0.2) is 12.4 Å². The average molecular weight is 587 g/mol. The van der Waals surface area contributed by atoms with Crippen LogP contribution in [0.2, 0.25) is 0 Å². The molecule has 3 saturated carbocycles. The van der Waals surface area contributed by atoms with Gasteiger partial charge in [-0.25, -0.2) is 0 Å². The second kappa shape index (κ2) is 11.3. The molecule has 4 aliphatic carbocycles. The Labute approximate surface area is 249 Å². The first-order valence-electron chi connectivity index (χ1n) is 16.0. The second-order valence-electron chi connectivity index (χ2n) is 14.9. The summed E-state index contributed by atoms with van der Waals surface area (Å²) >= 11 is 0. The number of ether oxygens (including phenoxy) is 1. The van der Waals surface area contributed by atoms with Gasteiger partial charge < -0.3 is 25.1 Å². The molecule has 4 fully saturated rings. The third-order valence-electron chi connectivity index (χ3n) is 12.1. The zero-order valence-corrected chi connectivity index (χ0v) is 26.0. The van der Waals surface area contributed by atoms with E-state index in [2.05, 4.69) is 30.4 Å². The van der Waals surface area contributed by atoms with Crippen LogP contribution in [-0.2, 0) is 24.0 Å². The molecule has 1 saturated heterocycles. The second-order valence-corrected chi connectivity index (χ2v) is 14.9. The van der Waals surface area contributed by atoms with Crippen LogP contribution in [0.1, 0.15) is 105 Å². The van der Waals surface area contributed by atoms with Gasteiger partial charge in [0.25, 0.3) is 5.91 Å². The molecule has 0 unspecified atom stereocenters. The molecule has 8 atom stereocenters. The molecular weight excluding hydrogens is 536 g/mol. The number of aliphatic hydroxyl groups is 1. The number of nitrogens with one attached hydrogen (secondary N) is 1.